The van der Waals surface area contributed by atoms with E-state index in [0.29, 0.717) is 6.54 Å². The van der Waals surface area contributed by atoms with Crippen molar-refractivity contribution in [3.63, 3.8) is 0 Å². The van der Waals surface area contributed by atoms with Crippen LogP contribution in [0.25, 0.3) is 6.08 Å². The Labute approximate surface area is 171 Å². The molecule has 0 saturated heterocycles. The highest BCUT2D eigenvalue weighted by molar-refractivity contribution is 5.82. The summed E-state index contributed by atoms with van der Waals surface area (Å²) in [5.41, 5.74) is 3.13. The molecule has 1 heterocycles. The van der Waals surface area contributed by atoms with Crippen LogP contribution in [0.4, 0.5) is 0 Å². The Morgan fingerprint density at radius 1 is 1.32 bits per heavy atom. The molecule has 0 saturated carbocycles. The molecule has 2 N–H and O–H groups in total. The number of carbonyl (C=O) groups excluding carboxylic acids is 2. The van der Waals surface area contributed by atoms with E-state index in [1.165, 1.54) is 11.1 Å². The smallest absolute Gasteiger partial charge is 0.228 e. The third-order valence-corrected chi connectivity index (χ3v) is 5.73. The second-order valence-electron chi connectivity index (χ2n) is 8.44. The molecule has 0 spiro atoms. The van der Waals surface area contributed by atoms with E-state index in [9.17, 15) is 9.59 Å². The number of amides is 2. The maximum Gasteiger partial charge on any atom is 0.228 e. The monoisotopic (exact) mass is 389 g/mol. The molecule has 2 atom stereocenters. The zero-order valence-corrected chi connectivity index (χ0v) is 18.8. The Hall–Kier alpha value is -2.04. The van der Waals surface area contributed by atoms with Gasteiger partial charge in [-0.25, -0.2) is 0 Å². The molecule has 5 heteroatoms. The number of nitrogens with one attached hydrogen (secondary N) is 2. The van der Waals surface area contributed by atoms with Crippen molar-refractivity contribution < 1.29 is 9.59 Å². The number of hydrogen-bond donors (Lipinski definition) is 2. The number of aromatic amines is 1. The van der Waals surface area contributed by atoms with E-state index in [1.54, 1.807) is 0 Å². The molecule has 0 aliphatic heterocycles. The van der Waals surface area contributed by atoms with Crippen molar-refractivity contribution in [3.05, 3.63) is 29.1 Å². The highest BCUT2D eigenvalue weighted by Crippen LogP contribution is 2.31. The van der Waals surface area contributed by atoms with Crippen molar-refractivity contribution in [2.24, 2.45) is 5.41 Å². The normalized spacial score (nSPS) is 14.1. The van der Waals surface area contributed by atoms with Gasteiger partial charge < -0.3 is 15.2 Å². The summed E-state index contributed by atoms with van der Waals surface area (Å²) in [4.78, 5) is 28.9. The summed E-state index contributed by atoms with van der Waals surface area (Å²) in [5, 5.41) is 2.79. The Balaban J connectivity index is 3.01. The molecule has 5 nitrogen and oxygen atoms in total. The summed E-state index contributed by atoms with van der Waals surface area (Å²) in [5.74, 6) is 0.394. The van der Waals surface area contributed by atoms with Gasteiger partial charge in [0, 0.05) is 42.9 Å². The molecule has 0 bridgehead atoms. The Morgan fingerprint density at radius 2 is 2.00 bits per heavy atom. The molecule has 0 fully saturated rings. The summed E-state index contributed by atoms with van der Waals surface area (Å²) in [7, 11) is 1.90. The molecule has 158 valence electrons. The van der Waals surface area contributed by atoms with Gasteiger partial charge in [0.1, 0.15) is 0 Å². The first-order valence-corrected chi connectivity index (χ1v) is 10.5. The van der Waals surface area contributed by atoms with Crippen LogP contribution in [0.2, 0.25) is 0 Å². The Kier molecular flexibility index (Phi) is 9.50. The molecule has 0 aromatic carbocycles. The zero-order valence-electron chi connectivity index (χ0n) is 18.8. The standard InChI is InChI=1S/C23H39N3O2/c1-8-10-11-20-21(17(3)14-24-16-27)19(15-25-20)12-13-23(5,6)22(28)26(7)18(4)9-2/h10-11,15-18,25H,8-9,12-14H2,1-7H3,(H,24,27)/b11-10+/t17-,18?/m1/s1. The molecule has 1 aromatic heterocycles. The molecule has 0 aliphatic carbocycles. The quantitative estimate of drug-likeness (QED) is 0.517. The second kappa shape index (κ2) is 11.1. The lowest BCUT2D eigenvalue weighted by Gasteiger charge is -2.33. The van der Waals surface area contributed by atoms with Gasteiger partial charge in [-0.3, -0.25) is 9.59 Å². The van der Waals surface area contributed by atoms with Gasteiger partial charge in [-0.1, -0.05) is 40.7 Å². The first kappa shape index (κ1) is 24.0. The summed E-state index contributed by atoms with van der Waals surface area (Å²) >= 11 is 0. The van der Waals surface area contributed by atoms with Crippen LogP contribution in [0.3, 0.4) is 0 Å². The van der Waals surface area contributed by atoms with Crippen molar-refractivity contribution in [1.82, 2.24) is 15.2 Å². The van der Waals surface area contributed by atoms with E-state index in [0.717, 1.165) is 37.8 Å². The van der Waals surface area contributed by atoms with Crippen LogP contribution in [0, 0.1) is 5.41 Å². The van der Waals surface area contributed by atoms with Crippen molar-refractivity contribution in [1.29, 1.82) is 0 Å². The van der Waals surface area contributed by atoms with Crippen molar-refractivity contribution in [3.8, 4) is 0 Å². The van der Waals surface area contributed by atoms with Crippen molar-refractivity contribution in [2.45, 2.75) is 79.2 Å². The number of allylic oxidation sites excluding steroid dienone is 1. The third-order valence-electron chi connectivity index (χ3n) is 5.73. The van der Waals surface area contributed by atoms with Crippen LogP contribution >= 0.6 is 0 Å². The summed E-state index contributed by atoms with van der Waals surface area (Å²) in [6, 6.07) is 0.245. The van der Waals surface area contributed by atoms with Gasteiger partial charge in [0.25, 0.3) is 0 Å². The van der Waals surface area contributed by atoms with Crippen LogP contribution in [-0.4, -0.2) is 41.8 Å². The lowest BCUT2D eigenvalue weighted by Crippen LogP contribution is -2.43. The molecular weight excluding hydrogens is 350 g/mol. The molecule has 0 radical (unpaired) electrons. The largest absolute Gasteiger partial charge is 0.361 e. The number of nitrogens with zero attached hydrogens (tertiary/aromatic N) is 1. The maximum atomic E-state index is 13.0. The minimum atomic E-state index is -0.420. The lowest BCUT2D eigenvalue weighted by atomic mass is 9.83. The highest BCUT2D eigenvalue weighted by atomic mass is 16.2. The fourth-order valence-corrected chi connectivity index (χ4v) is 3.49. The topological polar surface area (TPSA) is 65.2 Å². The Bertz CT molecular complexity index is 661. The molecular formula is C23H39N3O2. The first-order chi connectivity index (χ1) is 13.2. The van der Waals surface area contributed by atoms with E-state index >= 15 is 0 Å². The van der Waals surface area contributed by atoms with E-state index < -0.39 is 5.41 Å². The van der Waals surface area contributed by atoms with Crippen LogP contribution < -0.4 is 5.32 Å². The number of aromatic nitrogens is 1. The minimum Gasteiger partial charge on any atom is -0.361 e. The van der Waals surface area contributed by atoms with Gasteiger partial charge in [0.15, 0.2) is 0 Å². The summed E-state index contributed by atoms with van der Waals surface area (Å²) < 4.78 is 0. The average molecular weight is 390 g/mol. The number of rotatable bonds is 12. The van der Waals surface area contributed by atoms with Crippen molar-refractivity contribution in [2.75, 3.05) is 13.6 Å². The van der Waals surface area contributed by atoms with Gasteiger partial charge in [-0.2, -0.15) is 0 Å². The maximum absolute atomic E-state index is 13.0. The van der Waals surface area contributed by atoms with Gasteiger partial charge in [0.2, 0.25) is 12.3 Å². The van der Waals surface area contributed by atoms with Gasteiger partial charge in [-0.05, 0) is 49.8 Å². The molecule has 0 aliphatic rings. The van der Waals surface area contributed by atoms with Gasteiger partial charge in [0.05, 0.1) is 0 Å². The first-order valence-electron chi connectivity index (χ1n) is 10.5. The van der Waals surface area contributed by atoms with E-state index in [1.807, 2.05) is 25.8 Å². The van der Waals surface area contributed by atoms with E-state index in [2.05, 4.69) is 56.3 Å². The van der Waals surface area contributed by atoms with E-state index in [4.69, 9.17) is 0 Å². The highest BCUT2D eigenvalue weighted by Gasteiger charge is 2.32. The number of carbonyl (C=O) groups is 2. The predicted octanol–water partition coefficient (Wildman–Crippen LogP) is 4.50. The molecule has 1 aromatic rings. The molecule has 2 amide bonds. The summed E-state index contributed by atoms with van der Waals surface area (Å²) in [6.07, 6.45) is 10.6. The Morgan fingerprint density at radius 3 is 2.57 bits per heavy atom. The summed E-state index contributed by atoms with van der Waals surface area (Å²) in [6.45, 7) is 13.1. The molecule has 1 rings (SSSR count). The third kappa shape index (κ3) is 6.25. The number of aryl methyl sites for hydroxylation is 1. The van der Waals surface area contributed by atoms with Crippen LogP contribution in [0.1, 0.15) is 83.5 Å². The van der Waals surface area contributed by atoms with Gasteiger partial charge in [-0.15, -0.1) is 0 Å². The van der Waals surface area contributed by atoms with Crippen molar-refractivity contribution >= 4 is 18.4 Å². The van der Waals surface area contributed by atoms with Gasteiger partial charge >= 0.3 is 0 Å². The van der Waals surface area contributed by atoms with Crippen LogP contribution in [-0.2, 0) is 16.0 Å². The molecule has 1 unspecified atom stereocenters. The average Bonchev–Trinajstić information content (AvgIpc) is 3.09. The fraction of sp³-hybridized carbons (Fsp3) is 0.652. The lowest BCUT2D eigenvalue weighted by molar-refractivity contribution is -0.141. The number of hydrogen-bond acceptors (Lipinski definition) is 2. The SMILES string of the molecule is CC/C=C/c1[nH]cc(CCC(C)(C)C(=O)N(C)C(C)CC)c1[C@H](C)CNC=O. The predicted molar refractivity (Wildman–Crippen MR) is 117 cm³/mol. The molecule has 28 heavy (non-hydrogen) atoms. The minimum absolute atomic E-state index is 0.195. The fourth-order valence-electron chi connectivity index (χ4n) is 3.49. The van der Waals surface area contributed by atoms with Crippen LogP contribution in [0.15, 0.2) is 12.3 Å². The zero-order chi connectivity index (χ0) is 21.3. The van der Waals surface area contributed by atoms with E-state index in [-0.39, 0.29) is 17.9 Å². The van der Waals surface area contributed by atoms with Crippen LogP contribution in [0.5, 0.6) is 0 Å². The second-order valence-corrected chi connectivity index (χ2v) is 8.44. The number of H-pyrrole nitrogens is 1.